The molecule has 0 amide bonds. The Bertz CT molecular complexity index is 232. The van der Waals surface area contributed by atoms with Crippen LogP contribution in [0.15, 0.2) is 0 Å². The Morgan fingerprint density at radius 3 is 2.19 bits per heavy atom. The van der Waals surface area contributed by atoms with Gasteiger partial charge in [-0.3, -0.25) is 0 Å². The van der Waals surface area contributed by atoms with Crippen LogP contribution in [0.25, 0.3) is 0 Å². The minimum Gasteiger partial charge on any atom is -0.0651 e. The number of rotatable bonds is 1. The van der Waals surface area contributed by atoms with Crippen LogP contribution in [0.5, 0.6) is 0 Å². The average Bonchev–Trinajstić information content (AvgIpc) is 2.35. The molecule has 0 aromatic heterocycles. The lowest BCUT2D eigenvalue weighted by Gasteiger charge is -2.49. The van der Waals surface area contributed by atoms with E-state index in [9.17, 15) is 0 Å². The van der Waals surface area contributed by atoms with E-state index in [2.05, 4.69) is 6.92 Å². The van der Waals surface area contributed by atoms with Crippen LogP contribution < -0.4 is 0 Å². The Kier molecular flexibility index (Phi) is 3.27. The maximum Gasteiger partial charge on any atom is -0.0355 e. The number of hydrogen-bond acceptors (Lipinski definition) is 0. The van der Waals surface area contributed by atoms with Gasteiger partial charge in [0.15, 0.2) is 0 Å². The van der Waals surface area contributed by atoms with E-state index >= 15 is 0 Å². The highest BCUT2D eigenvalue weighted by atomic mass is 14.5. The third kappa shape index (κ3) is 1.93. The molecular formula is C16H28. The Morgan fingerprint density at radius 2 is 1.44 bits per heavy atom. The van der Waals surface area contributed by atoms with Crippen molar-refractivity contribution in [1.82, 2.24) is 0 Å². The SMILES string of the molecule is CCC1CCCC2CC3CCCCC3CC12. The van der Waals surface area contributed by atoms with Gasteiger partial charge in [-0.05, 0) is 42.4 Å². The molecule has 5 atom stereocenters. The zero-order valence-electron chi connectivity index (χ0n) is 11.0. The third-order valence-electron chi connectivity index (χ3n) is 6.13. The molecule has 0 aliphatic heterocycles. The molecule has 16 heavy (non-hydrogen) atoms. The van der Waals surface area contributed by atoms with Gasteiger partial charge in [0.1, 0.15) is 0 Å². The first kappa shape index (κ1) is 11.1. The summed E-state index contributed by atoms with van der Waals surface area (Å²) >= 11 is 0. The van der Waals surface area contributed by atoms with Crippen LogP contribution in [-0.2, 0) is 0 Å². The highest BCUT2D eigenvalue weighted by Crippen LogP contribution is 2.52. The first-order valence-electron chi connectivity index (χ1n) is 7.88. The van der Waals surface area contributed by atoms with Crippen LogP contribution in [0, 0.1) is 29.6 Å². The van der Waals surface area contributed by atoms with Crippen molar-refractivity contribution in [2.45, 2.75) is 71.1 Å². The van der Waals surface area contributed by atoms with Crippen molar-refractivity contribution in [2.75, 3.05) is 0 Å². The minimum atomic E-state index is 1.10. The van der Waals surface area contributed by atoms with Gasteiger partial charge in [-0.1, -0.05) is 58.3 Å². The number of fused-ring (bicyclic) bond motifs is 2. The van der Waals surface area contributed by atoms with Crippen LogP contribution >= 0.6 is 0 Å². The predicted octanol–water partition coefficient (Wildman–Crippen LogP) is 5.03. The molecule has 3 saturated carbocycles. The normalized spacial score (nSPS) is 48.2. The van der Waals surface area contributed by atoms with E-state index in [1.165, 1.54) is 25.7 Å². The molecule has 0 heteroatoms. The van der Waals surface area contributed by atoms with Crippen LogP contribution in [0.1, 0.15) is 71.1 Å². The molecule has 3 aliphatic carbocycles. The molecule has 5 unspecified atom stereocenters. The first-order chi connectivity index (χ1) is 7.88. The molecule has 0 bridgehead atoms. The zero-order valence-corrected chi connectivity index (χ0v) is 11.0. The molecule has 0 heterocycles. The summed E-state index contributed by atoms with van der Waals surface area (Å²) in [4.78, 5) is 0. The fraction of sp³-hybridized carbons (Fsp3) is 1.00. The van der Waals surface area contributed by atoms with Crippen LogP contribution in [0.2, 0.25) is 0 Å². The van der Waals surface area contributed by atoms with Gasteiger partial charge in [0.2, 0.25) is 0 Å². The molecule has 0 aromatic carbocycles. The lowest BCUT2D eigenvalue weighted by molar-refractivity contribution is 0.0163. The summed E-state index contributed by atoms with van der Waals surface area (Å²) in [6.45, 7) is 2.43. The third-order valence-corrected chi connectivity index (χ3v) is 6.13. The molecular weight excluding hydrogens is 192 g/mol. The Balaban J connectivity index is 1.71. The fourth-order valence-electron chi connectivity index (χ4n) is 5.28. The van der Waals surface area contributed by atoms with E-state index in [-0.39, 0.29) is 0 Å². The second-order valence-electron chi connectivity index (χ2n) is 6.80. The van der Waals surface area contributed by atoms with E-state index in [0.29, 0.717) is 0 Å². The van der Waals surface area contributed by atoms with Gasteiger partial charge < -0.3 is 0 Å². The molecule has 0 aromatic rings. The lowest BCUT2D eigenvalue weighted by atomic mass is 9.57. The van der Waals surface area contributed by atoms with Crippen molar-refractivity contribution in [3.05, 3.63) is 0 Å². The van der Waals surface area contributed by atoms with Gasteiger partial charge >= 0.3 is 0 Å². The Labute approximate surface area is 101 Å². The molecule has 92 valence electrons. The molecule has 0 saturated heterocycles. The van der Waals surface area contributed by atoms with Gasteiger partial charge in [-0.25, -0.2) is 0 Å². The molecule has 0 nitrogen and oxygen atoms in total. The smallest absolute Gasteiger partial charge is 0.0355 e. The molecule has 0 radical (unpaired) electrons. The largest absolute Gasteiger partial charge is 0.0651 e. The standard InChI is InChI=1S/C16H28/c1-2-12-8-5-9-15-10-13-6-3-4-7-14(13)11-16(12)15/h12-16H,2-11H2,1H3. The summed E-state index contributed by atoms with van der Waals surface area (Å²) in [7, 11) is 0. The quantitative estimate of drug-likeness (QED) is 0.581. The Hall–Kier alpha value is 0. The summed E-state index contributed by atoms with van der Waals surface area (Å²) in [6, 6.07) is 0. The monoisotopic (exact) mass is 220 g/mol. The van der Waals surface area contributed by atoms with Crippen molar-refractivity contribution in [3.8, 4) is 0 Å². The minimum absolute atomic E-state index is 1.10. The van der Waals surface area contributed by atoms with E-state index < -0.39 is 0 Å². The van der Waals surface area contributed by atoms with Crippen LogP contribution in [-0.4, -0.2) is 0 Å². The second-order valence-corrected chi connectivity index (χ2v) is 6.80. The van der Waals surface area contributed by atoms with Gasteiger partial charge in [0, 0.05) is 0 Å². The van der Waals surface area contributed by atoms with E-state index in [1.807, 2.05) is 0 Å². The summed E-state index contributed by atoms with van der Waals surface area (Å²) < 4.78 is 0. The van der Waals surface area contributed by atoms with Crippen LogP contribution in [0.3, 0.4) is 0 Å². The lowest BCUT2D eigenvalue weighted by Crippen LogP contribution is -2.39. The van der Waals surface area contributed by atoms with Gasteiger partial charge in [-0.2, -0.15) is 0 Å². The average molecular weight is 220 g/mol. The second kappa shape index (κ2) is 4.70. The highest BCUT2D eigenvalue weighted by molar-refractivity contribution is 4.92. The molecule has 0 spiro atoms. The van der Waals surface area contributed by atoms with E-state index in [1.54, 1.807) is 38.5 Å². The Morgan fingerprint density at radius 1 is 0.750 bits per heavy atom. The molecule has 3 aliphatic rings. The maximum absolute atomic E-state index is 2.43. The van der Waals surface area contributed by atoms with Gasteiger partial charge in [0.05, 0.1) is 0 Å². The van der Waals surface area contributed by atoms with E-state index in [0.717, 1.165) is 29.6 Å². The summed E-state index contributed by atoms with van der Waals surface area (Å²) in [5, 5.41) is 0. The summed E-state index contributed by atoms with van der Waals surface area (Å²) in [5.74, 6) is 5.66. The van der Waals surface area contributed by atoms with E-state index in [4.69, 9.17) is 0 Å². The first-order valence-corrected chi connectivity index (χ1v) is 7.88. The van der Waals surface area contributed by atoms with Crippen LogP contribution in [0.4, 0.5) is 0 Å². The van der Waals surface area contributed by atoms with Crippen molar-refractivity contribution in [1.29, 1.82) is 0 Å². The topological polar surface area (TPSA) is 0 Å². The maximum atomic E-state index is 2.43. The molecule has 3 fully saturated rings. The highest BCUT2D eigenvalue weighted by Gasteiger charge is 2.41. The molecule has 0 N–H and O–H groups in total. The number of hydrogen-bond donors (Lipinski definition) is 0. The van der Waals surface area contributed by atoms with Crippen molar-refractivity contribution < 1.29 is 0 Å². The summed E-state index contributed by atoms with van der Waals surface area (Å²) in [6.07, 6.45) is 15.6. The van der Waals surface area contributed by atoms with Gasteiger partial charge in [0.25, 0.3) is 0 Å². The fourth-order valence-corrected chi connectivity index (χ4v) is 5.28. The van der Waals surface area contributed by atoms with Gasteiger partial charge in [-0.15, -0.1) is 0 Å². The zero-order chi connectivity index (χ0) is 11.0. The predicted molar refractivity (Wildman–Crippen MR) is 69.3 cm³/mol. The summed E-state index contributed by atoms with van der Waals surface area (Å²) in [5.41, 5.74) is 0. The van der Waals surface area contributed by atoms with Crippen molar-refractivity contribution in [3.63, 3.8) is 0 Å². The van der Waals surface area contributed by atoms with Crippen molar-refractivity contribution >= 4 is 0 Å². The molecule has 3 rings (SSSR count). The van der Waals surface area contributed by atoms with Crippen molar-refractivity contribution in [2.24, 2.45) is 29.6 Å².